The van der Waals surface area contributed by atoms with E-state index in [2.05, 4.69) is 49.2 Å². The number of aryl methyl sites for hydroxylation is 2. The van der Waals surface area contributed by atoms with Crippen LogP contribution >= 0.6 is 0 Å². The zero-order chi connectivity index (χ0) is 13.7. The van der Waals surface area contributed by atoms with Crippen molar-refractivity contribution in [1.29, 1.82) is 0 Å². The van der Waals surface area contributed by atoms with Gasteiger partial charge in [-0.2, -0.15) is 0 Å². The number of hydrogen-bond acceptors (Lipinski definition) is 2. The van der Waals surface area contributed by atoms with Crippen LogP contribution in [0.1, 0.15) is 30.0 Å². The third-order valence-electron chi connectivity index (χ3n) is 4.07. The second kappa shape index (κ2) is 7.06. The minimum absolute atomic E-state index is 0.736. The van der Waals surface area contributed by atoms with E-state index in [4.69, 9.17) is 0 Å². The topological polar surface area (TPSA) is 15.3 Å². The highest BCUT2D eigenvalue weighted by atomic mass is 15.1. The predicted molar refractivity (Wildman–Crippen MR) is 82.7 cm³/mol. The van der Waals surface area contributed by atoms with E-state index in [1.54, 1.807) is 0 Å². The number of nitrogens with one attached hydrogen (secondary N) is 1. The van der Waals surface area contributed by atoms with Crippen molar-refractivity contribution in [2.75, 3.05) is 32.7 Å². The first-order valence-electron chi connectivity index (χ1n) is 7.64. The SMILES string of the molecule is Cc1ccc(CC(C)CN2CCCNCC2)c(C)c1. The molecule has 106 valence electrons. The molecule has 0 saturated carbocycles. The lowest BCUT2D eigenvalue weighted by Gasteiger charge is -2.24. The van der Waals surface area contributed by atoms with E-state index in [9.17, 15) is 0 Å². The van der Waals surface area contributed by atoms with Crippen LogP contribution in [0.2, 0.25) is 0 Å². The second-order valence-corrected chi connectivity index (χ2v) is 6.14. The van der Waals surface area contributed by atoms with Gasteiger partial charge in [0.25, 0.3) is 0 Å². The summed E-state index contributed by atoms with van der Waals surface area (Å²) in [6.45, 7) is 12.8. The van der Waals surface area contributed by atoms with Crippen molar-refractivity contribution in [2.45, 2.75) is 33.6 Å². The average molecular weight is 260 g/mol. The van der Waals surface area contributed by atoms with E-state index in [1.165, 1.54) is 55.7 Å². The summed E-state index contributed by atoms with van der Waals surface area (Å²) in [5.74, 6) is 0.736. The maximum Gasteiger partial charge on any atom is 0.0107 e. The fourth-order valence-corrected chi connectivity index (χ4v) is 3.04. The predicted octanol–water partition coefficient (Wildman–Crippen LogP) is 2.78. The van der Waals surface area contributed by atoms with Crippen LogP contribution in [0.25, 0.3) is 0 Å². The Morgan fingerprint density at radius 3 is 2.84 bits per heavy atom. The van der Waals surface area contributed by atoms with Crippen LogP contribution in [-0.4, -0.2) is 37.6 Å². The molecule has 0 aromatic heterocycles. The average Bonchev–Trinajstić information content (AvgIpc) is 2.61. The minimum Gasteiger partial charge on any atom is -0.315 e. The number of benzene rings is 1. The fraction of sp³-hybridized carbons (Fsp3) is 0.647. The Balaban J connectivity index is 1.87. The summed E-state index contributed by atoms with van der Waals surface area (Å²) in [6.07, 6.45) is 2.49. The van der Waals surface area contributed by atoms with Crippen LogP contribution in [0, 0.1) is 19.8 Å². The molecule has 1 aliphatic rings. The molecular weight excluding hydrogens is 232 g/mol. The summed E-state index contributed by atoms with van der Waals surface area (Å²) in [5, 5.41) is 3.47. The van der Waals surface area contributed by atoms with Crippen molar-refractivity contribution in [3.8, 4) is 0 Å². The third kappa shape index (κ3) is 4.63. The van der Waals surface area contributed by atoms with Gasteiger partial charge in [-0.1, -0.05) is 30.7 Å². The highest BCUT2D eigenvalue weighted by Gasteiger charge is 2.13. The molecule has 1 aromatic rings. The zero-order valence-electron chi connectivity index (χ0n) is 12.7. The normalized spacial score (nSPS) is 19.1. The molecule has 1 aromatic carbocycles. The fourth-order valence-electron chi connectivity index (χ4n) is 3.04. The molecule has 0 amide bonds. The number of rotatable bonds is 4. The molecule has 2 nitrogen and oxygen atoms in total. The van der Waals surface area contributed by atoms with Crippen molar-refractivity contribution < 1.29 is 0 Å². The molecule has 0 bridgehead atoms. The van der Waals surface area contributed by atoms with Gasteiger partial charge in [-0.25, -0.2) is 0 Å². The van der Waals surface area contributed by atoms with Gasteiger partial charge in [-0.3, -0.25) is 0 Å². The summed E-state index contributed by atoms with van der Waals surface area (Å²) in [4.78, 5) is 2.62. The van der Waals surface area contributed by atoms with E-state index in [0.29, 0.717) is 0 Å². The maximum atomic E-state index is 3.47. The van der Waals surface area contributed by atoms with Crippen molar-refractivity contribution in [3.05, 3.63) is 34.9 Å². The van der Waals surface area contributed by atoms with Crippen LogP contribution in [0.15, 0.2) is 18.2 Å². The molecule has 1 atom stereocenters. The Bertz CT molecular complexity index is 392. The Morgan fingerprint density at radius 2 is 2.05 bits per heavy atom. The molecule has 0 spiro atoms. The van der Waals surface area contributed by atoms with Crippen LogP contribution < -0.4 is 5.32 Å². The molecular formula is C17H28N2. The Labute approximate surface area is 118 Å². The number of nitrogens with zero attached hydrogens (tertiary/aromatic N) is 1. The quantitative estimate of drug-likeness (QED) is 0.895. The van der Waals surface area contributed by atoms with E-state index in [0.717, 1.165) is 12.5 Å². The lowest BCUT2D eigenvalue weighted by Crippen LogP contribution is -2.32. The van der Waals surface area contributed by atoms with Crippen LogP contribution in [0.3, 0.4) is 0 Å². The van der Waals surface area contributed by atoms with Gasteiger partial charge in [0.05, 0.1) is 0 Å². The molecule has 0 radical (unpaired) electrons. The summed E-state index contributed by atoms with van der Waals surface area (Å²) in [7, 11) is 0. The van der Waals surface area contributed by atoms with Crippen LogP contribution in [-0.2, 0) is 6.42 Å². The Hall–Kier alpha value is -0.860. The van der Waals surface area contributed by atoms with Gasteiger partial charge in [0, 0.05) is 19.6 Å². The summed E-state index contributed by atoms with van der Waals surface area (Å²) < 4.78 is 0. The molecule has 1 unspecified atom stereocenters. The molecule has 0 aliphatic carbocycles. The first-order valence-corrected chi connectivity index (χ1v) is 7.64. The molecule has 1 saturated heterocycles. The van der Waals surface area contributed by atoms with E-state index < -0.39 is 0 Å². The van der Waals surface area contributed by atoms with E-state index in [-0.39, 0.29) is 0 Å². The molecule has 2 rings (SSSR count). The molecule has 1 fully saturated rings. The van der Waals surface area contributed by atoms with E-state index in [1.807, 2.05) is 0 Å². The highest BCUT2D eigenvalue weighted by Crippen LogP contribution is 2.16. The Morgan fingerprint density at radius 1 is 1.21 bits per heavy atom. The minimum atomic E-state index is 0.736. The largest absolute Gasteiger partial charge is 0.315 e. The first-order chi connectivity index (χ1) is 9.15. The standard InChI is InChI=1S/C17H28N2/c1-14-5-6-17(16(3)11-14)12-15(2)13-19-9-4-7-18-8-10-19/h5-6,11,15,18H,4,7-10,12-13H2,1-3H3. The van der Waals surface area contributed by atoms with Gasteiger partial charge in [0.15, 0.2) is 0 Å². The lowest BCUT2D eigenvalue weighted by molar-refractivity contribution is 0.251. The van der Waals surface area contributed by atoms with Crippen molar-refractivity contribution >= 4 is 0 Å². The monoisotopic (exact) mass is 260 g/mol. The Kier molecular flexibility index (Phi) is 5.41. The molecule has 1 aliphatic heterocycles. The van der Waals surface area contributed by atoms with Crippen molar-refractivity contribution in [3.63, 3.8) is 0 Å². The number of hydrogen-bond donors (Lipinski definition) is 1. The van der Waals surface area contributed by atoms with Gasteiger partial charge in [-0.05, 0) is 56.8 Å². The molecule has 2 heteroatoms. The second-order valence-electron chi connectivity index (χ2n) is 6.14. The molecule has 1 heterocycles. The molecule has 1 N–H and O–H groups in total. The van der Waals surface area contributed by atoms with Crippen molar-refractivity contribution in [2.24, 2.45) is 5.92 Å². The lowest BCUT2D eigenvalue weighted by atomic mass is 9.96. The highest BCUT2D eigenvalue weighted by molar-refractivity contribution is 5.30. The van der Waals surface area contributed by atoms with Crippen LogP contribution in [0.5, 0.6) is 0 Å². The van der Waals surface area contributed by atoms with Crippen LogP contribution in [0.4, 0.5) is 0 Å². The third-order valence-corrected chi connectivity index (χ3v) is 4.07. The summed E-state index contributed by atoms with van der Waals surface area (Å²) >= 11 is 0. The van der Waals surface area contributed by atoms with Gasteiger partial charge in [0.1, 0.15) is 0 Å². The maximum absolute atomic E-state index is 3.47. The van der Waals surface area contributed by atoms with Crippen molar-refractivity contribution in [1.82, 2.24) is 10.2 Å². The summed E-state index contributed by atoms with van der Waals surface area (Å²) in [6, 6.07) is 6.86. The first kappa shape index (κ1) is 14.5. The van der Waals surface area contributed by atoms with E-state index >= 15 is 0 Å². The smallest absolute Gasteiger partial charge is 0.0107 e. The van der Waals surface area contributed by atoms with Gasteiger partial charge in [-0.15, -0.1) is 0 Å². The van der Waals surface area contributed by atoms with Gasteiger partial charge >= 0.3 is 0 Å². The summed E-state index contributed by atoms with van der Waals surface area (Å²) in [5.41, 5.74) is 4.34. The zero-order valence-corrected chi connectivity index (χ0v) is 12.7. The van der Waals surface area contributed by atoms with Gasteiger partial charge < -0.3 is 10.2 Å². The molecule has 19 heavy (non-hydrogen) atoms. The van der Waals surface area contributed by atoms with Gasteiger partial charge in [0.2, 0.25) is 0 Å².